The number of aromatic nitrogens is 1. The van der Waals surface area contributed by atoms with Crippen LogP contribution in [0.2, 0.25) is 5.02 Å². The summed E-state index contributed by atoms with van der Waals surface area (Å²) in [6, 6.07) is 11.7. The van der Waals surface area contributed by atoms with E-state index in [1.54, 1.807) is 11.8 Å². The third kappa shape index (κ3) is 4.56. The number of carbonyl (C=O) groups excluding carboxylic acids is 1. The van der Waals surface area contributed by atoms with Crippen LogP contribution in [0.15, 0.2) is 41.3 Å². The zero-order valence-corrected chi connectivity index (χ0v) is 16.2. The third-order valence-corrected chi connectivity index (χ3v) is 6.33. The molecule has 5 heteroatoms. The number of halogens is 1. The van der Waals surface area contributed by atoms with Gasteiger partial charge in [0.2, 0.25) is 0 Å². The average molecular weight is 375 g/mol. The molecule has 25 heavy (non-hydrogen) atoms. The van der Waals surface area contributed by atoms with E-state index in [1.807, 2.05) is 48.2 Å². The van der Waals surface area contributed by atoms with Crippen LogP contribution in [-0.4, -0.2) is 28.9 Å². The first kappa shape index (κ1) is 18.3. The quantitative estimate of drug-likeness (QED) is 0.689. The molecule has 1 saturated heterocycles. The number of thioether (sulfide) groups is 1. The van der Waals surface area contributed by atoms with Crippen molar-refractivity contribution in [3.63, 3.8) is 0 Å². The lowest BCUT2D eigenvalue weighted by molar-refractivity contribution is 0.0691. The van der Waals surface area contributed by atoms with Crippen LogP contribution in [0.3, 0.4) is 0 Å². The molecule has 0 radical (unpaired) electrons. The van der Waals surface area contributed by atoms with Crippen molar-refractivity contribution in [2.24, 2.45) is 5.92 Å². The highest BCUT2D eigenvalue weighted by atomic mass is 35.5. The van der Waals surface area contributed by atoms with Crippen molar-refractivity contribution in [1.82, 2.24) is 9.88 Å². The van der Waals surface area contributed by atoms with E-state index >= 15 is 0 Å². The van der Waals surface area contributed by atoms with Crippen LogP contribution in [0.1, 0.15) is 41.5 Å². The van der Waals surface area contributed by atoms with E-state index in [2.05, 4.69) is 11.9 Å². The Morgan fingerprint density at radius 2 is 1.96 bits per heavy atom. The molecular weight excluding hydrogens is 352 g/mol. The molecule has 1 aromatic heterocycles. The van der Waals surface area contributed by atoms with Crippen LogP contribution >= 0.6 is 23.4 Å². The van der Waals surface area contributed by atoms with Gasteiger partial charge in [0.25, 0.3) is 5.91 Å². The first-order chi connectivity index (χ1) is 12.0. The number of nitrogens with zero attached hydrogens (tertiary/aromatic N) is 2. The summed E-state index contributed by atoms with van der Waals surface area (Å²) < 4.78 is 0. The molecule has 0 atom stereocenters. The summed E-state index contributed by atoms with van der Waals surface area (Å²) in [5.41, 5.74) is 2.52. The average Bonchev–Trinajstić information content (AvgIpc) is 2.63. The van der Waals surface area contributed by atoms with Gasteiger partial charge in [0.05, 0.1) is 10.7 Å². The normalized spacial score (nSPS) is 15.4. The minimum Gasteiger partial charge on any atom is -0.337 e. The van der Waals surface area contributed by atoms with E-state index in [0.717, 1.165) is 47.1 Å². The van der Waals surface area contributed by atoms with Crippen molar-refractivity contribution in [2.45, 2.75) is 37.3 Å². The Balaban J connectivity index is 1.67. The molecule has 1 fully saturated rings. The molecule has 1 amide bonds. The van der Waals surface area contributed by atoms with Gasteiger partial charge in [0.1, 0.15) is 5.69 Å². The molecule has 3 nitrogen and oxygen atoms in total. The lowest BCUT2D eigenvalue weighted by atomic mass is 9.99. The minimum atomic E-state index is 0.0485. The zero-order chi connectivity index (χ0) is 17.8. The highest BCUT2D eigenvalue weighted by Gasteiger charge is 2.22. The first-order valence-corrected chi connectivity index (χ1v) is 10.0. The van der Waals surface area contributed by atoms with Gasteiger partial charge in [-0.15, -0.1) is 11.8 Å². The van der Waals surface area contributed by atoms with Gasteiger partial charge < -0.3 is 4.90 Å². The van der Waals surface area contributed by atoms with Crippen molar-refractivity contribution < 1.29 is 4.79 Å². The summed E-state index contributed by atoms with van der Waals surface area (Å²) in [7, 11) is 0. The molecule has 0 saturated carbocycles. The number of benzene rings is 1. The van der Waals surface area contributed by atoms with Gasteiger partial charge in [-0.3, -0.25) is 4.79 Å². The maximum absolute atomic E-state index is 12.7. The van der Waals surface area contributed by atoms with Crippen molar-refractivity contribution >= 4 is 29.3 Å². The van der Waals surface area contributed by atoms with E-state index in [4.69, 9.17) is 11.6 Å². The predicted molar refractivity (Wildman–Crippen MR) is 104 cm³/mol. The van der Waals surface area contributed by atoms with Gasteiger partial charge in [0, 0.05) is 23.7 Å². The van der Waals surface area contributed by atoms with E-state index in [9.17, 15) is 4.79 Å². The van der Waals surface area contributed by atoms with Gasteiger partial charge in [0.15, 0.2) is 0 Å². The van der Waals surface area contributed by atoms with Crippen LogP contribution < -0.4 is 0 Å². The Labute approximate surface area is 158 Å². The number of pyridine rings is 1. The van der Waals surface area contributed by atoms with E-state index < -0.39 is 0 Å². The topological polar surface area (TPSA) is 33.2 Å². The van der Waals surface area contributed by atoms with E-state index in [0.29, 0.717) is 17.4 Å². The first-order valence-electron chi connectivity index (χ1n) is 8.67. The predicted octanol–water partition coefficient (Wildman–Crippen LogP) is 5.21. The number of hydrogen-bond donors (Lipinski definition) is 0. The van der Waals surface area contributed by atoms with Crippen LogP contribution in [0, 0.1) is 12.8 Å². The van der Waals surface area contributed by atoms with Crippen LogP contribution in [0.5, 0.6) is 0 Å². The van der Waals surface area contributed by atoms with E-state index in [-0.39, 0.29) is 5.91 Å². The molecule has 0 unspecified atom stereocenters. The zero-order valence-electron chi connectivity index (χ0n) is 14.7. The molecule has 0 aliphatic carbocycles. The van der Waals surface area contributed by atoms with Gasteiger partial charge in [-0.05, 0) is 49.4 Å². The molecule has 132 valence electrons. The molecule has 3 rings (SSSR count). The Hall–Kier alpha value is -1.52. The third-order valence-electron chi connectivity index (χ3n) is 4.63. The van der Waals surface area contributed by atoms with Gasteiger partial charge >= 0.3 is 0 Å². The molecule has 2 aromatic rings. The smallest absolute Gasteiger partial charge is 0.272 e. The molecule has 1 aromatic carbocycles. The minimum absolute atomic E-state index is 0.0485. The van der Waals surface area contributed by atoms with Gasteiger partial charge in [-0.2, -0.15) is 0 Å². The Bertz CT molecular complexity index is 757. The molecule has 0 bridgehead atoms. The highest BCUT2D eigenvalue weighted by molar-refractivity contribution is 7.98. The van der Waals surface area contributed by atoms with Crippen molar-refractivity contribution in [1.29, 1.82) is 0 Å². The Kier molecular flexibility index (Phi) is 6.02. The second kappa shape index (κ2) is 8.24. The van der Waals surface area contributed by atoms with Crippen molar-refractivity contribution in [2.75, 3.05) is 13.1 Å². The maximum atomic E-state index is 12.7. The van der Waals surface area contributed by atoms with Crippen molar-refractivity contribution in [3.05, 3.63) is 58.4 Å². The lowest BCUT2D eigenvalue weighted by Crippen LogP contribution is -2.38. The number of aryl methyl sites for hydroxylation is 1. The Morgan fingerprint density at radius 1 is 1.24 bits per heavy atom. The molecule has 0 spiro atoms. The summed E-state index contributed by atoms with van der Waals surface area (Å²) in [6.07, 6.45) is 2.15. The Morgan fingerprint density at radius 3 is 2.72 bits per heavy atom. The fourth-order valence-corrected chi connectivity index (χ4v) is 4.15. The molecular formula is C20H23ClN2OS. The largest absolute Gasteiger partial charge is 0.337 e. The number of hydrogen-bond acceptors (Lipinski definition) is 3. The van der Waals surface area contributed by atoms with Gasteiger partial charge in [-0.1, -0.05) is 36.7 Å². The highest BCUT2D eigenvalue weighted by Crippen LogP contribution is 2.31. The second-order valence-electron chi connectivity index (χ2n) is 6.66. The molecule has 2 heterocycles. The number of piperidine rings is 1. The number of amides is 1. The number of likely N-dealkylation sites (tertiary alicyclic amines) is 1. The fourth-order valence-electron chi connectivity index (χ4n) is 2.94. The summed E-state index contributed by atoms with van der Waals surface area (Å²) >= 11 is 8.00. The van der Waals surface area contributed by atoms with Crippen LogP contribution in [0.25, 0.3) is 0 Å². The van der Waals surface area contributed by atoms with Crippen molar-refractivity contribution in [3.8, 4) is 0 Å². The fraction of sp³-hybridized carbons (Fsp3) is 0.400. The standard InChI is InChI=1S/C20H23ClN2OS/c1-14-9-11-23(12-10-14)20(24)17-7-4-6-16(22-17)13-25-18-8-3-5-15(2)19(18)21/h3-8,14H,9-13H2,1-2H3. The van der Waals surface area contributed by atoms with Gasteiger partial charge in [-0.25, -0.2) is 4.98 Å². The monoisotopic (exact) mass is 374 g/mol. The van der Waals surface area contributed by atoms with E-state index in [1.165, 1.54) is 0 Å². The van der Waals surface area contributed by atoms with Crippen LogP contribution in [-0.2, 0) is 5.75 Å². The summed E-state index contributed by atoms with van der Waals surface area (Å²) in [4.78, 5) is 20.2. The number of rotatable bonds is 4. The van der Waals surface area contributed by atoms with Crippen LogP contribution in [0.4, 0.5) is 0 Å². The molecule has 1 aliphatic rings. The molecule has 0 N–H and O–H groups in total. The summed E-state index contributed by atoms with van der Waals surface area (Å²) in [5, 5.41) is 0.794. The summed E-state index contributed by atoms with van der Waals surface area (Å²) in [5.74, 6) is 1.45. The second-order valence-corrected chi connectivity index (χ2v) is 8.06. The lowest BCUT2D eigenvalue weighted by Gasteiger charge is -2.30. The summed E-state index contributed by atoms with van der Waals surface area (Å²) in [6.45, 7) is 5.91. The number of carbonyl (C=O) groups is 1. The molecule has 1 aliphatic heterocycles. The maximum Gasteiger partial charge on any atom is 0.272 e. The SMILES string of the molecule is Cc1cccc(SCc2cccc(C(=O)N3CCC(C)CC3)n2)c1Cl.